The van der Waals surface area contributed by atoms with Crippen LogP contribution in [-0.2, 0) is 0 Å². The van der Waals surface area contributed by atoms with Crippen LogP contribution in [0.1, 0.15) is 25.0 Å². The maximum Gasteiger partial charge on any atom is 0.147 e. The summed E-state index contributed by atoms with van der Waals surface area (Å²) in [5, 5.41) is 8.28. The lowest BCUT2D eigenvalue weighted by Crippen LogP contribution is -2.30. The zero-order valence-corrected chi connectivity index (χ0v) is 12.6. The molecule has 0 aromatic carbocycles. The van der Waals surface area contributed by atoms with Gasteiger partial charge in [-0.3, -0.25) is 15.1 Å². The molecule has 1 saturated heterocycles. The molecule has 0 amide bonds. The third-order valence-electron chi connectivity index (χ3n) is 4.20. The van der Waals surface area contributed by atoms with Crippen LogP contribution in [-0.4, -0.2) is 38.2 Å². The fourth-order valence-electron chi connectivity index (χ4n) is 2.94. The normalized spacial score (nSPS) is 15.4. The standard InChI is InChI=1S/C16H18N6/c1-11-12-7-13(18-9-14(12)21-20-11)15-8-17-10-16(19-15)22-5-3-2-4-6-22/h7-10H,2-6H2,1H3,(H,20,21). The highest BCUT2D eigenvalue weighted by Gasteiger charge is 2.14. The van der Waals surface area contributed by atoms with Gasteiger partial charge in [0.1, 0.15) is 17.0 Å². The highest BCUT2D eigenvalue weighted by molar-refractivity contribution is 5.83. The summed E-state index contributed by atoms with van der Waals surface area (Å²) in [5.74, 6) is 0.947. The van der Waals surface area contributed by atoms with Gasteiger partial charge >= 0.3 is 0 Å². The highest BCUT2D eigenvalue weighted by atomic mass is 15.2. The number of hydrogen-bond donors (Lipinski definition) is 1. The van der Waals surface area contributed by atoms with Crippen LogP contribution < -0.4 is 4.90 Å². The van der Waals surface area contributed by atoms with Gasteiger partial charge in [-0.25, -0.2) is 4.98 Å². The molecule has 0 unspecified atom stereocenters. The summed E-state index contributed by atoms with van der Waals surface area (Å²) in [6.45, 7) is 4.13. The van der Waals surface area contributed by atoms with Crippen LogP contribution in [0.5, 0.6) is 0 Å². The molecule has 0 radical (unpaired) electrons. The van der Waals surface area contributed by atoms with E-state index in [1.54, 1.807) is 12.4 Å². The SMILES string of the molecule is Cc1[nH]nc2cnc(-c3cncc(N4CCCCC4)n3)cc12. The summed E-state index contributed by atoms with van der Waals surface area (Å²) in [7, 11) is 0. The van der Waals surface area contributed by atoms with E-state index in [9.17, 15) is 0 Å². The molecule has 3 aromatic rings. The number of fused-ring (bicyclic) bond motifs is 1. The second kappa shape index (κ2) is 5.36. The molecule has 112 valence electrons. The van der Waals surface area contributed by atoms with Crippen molar-refractivity contribution >= 4 is 16.7 Å². The molecule has 0 spiro atoms. The molecule has 0 bridgehead atoms. The molecule has 6 nitrogen and oxygen atoms in total. The van der Waals surface area contributed by atoms with Gasteiger partial charge in [0.25, 0.3) is 0 Å². The van der Waals surface area contributed by atoms with Crippen LogP contribution in [0.15, 0.2) is 24.7 Å². The van der Waals surface area contributed by atoms with Crippen molar-refractivity contribution in [2.45, 2.75) is 26.2 Å². The first-order valence-corrected chi connectivity index (χ1v) is 7.69. The fraction of sp³-hybridized carbons (Fsp3) is 0.375. The van der Waals surface area contributed by atoms with Crippen LogP contribution in [0.2, 0.25) is 0 Å². The monoisotopic (exact) mass is 294 g/mol. The molecule has 0 atom stereocenters. The summed E-state index contributed by atoms with van der Waals surface area (Å²) in [6, 6.07) is 2.03. The summed E-state index contributed by atoms with van der Waals surface area (Å²) in [6.07, 6.45) is 9.16. The first kappa shape index (κ1) is 13.2. The van der Waals surface area contributed by atoms with Gasteiger partial charge in [-0.2, -0.15) is 5.10 Å². The Hall–Kier alpha value is -2.50. The van der Waals surface area contributed by atoms with E-state index in [0.717, 1.165) is 46.9 Å². The van der Waals surface area contributed by atoms with Gasteiger partial charge in [-0.05, 0) is 32.3 Å². The highest BCUT2D eigenvalue weighted by Crippen LogP contribution is 2.23. The van der Waals surface area contributed by atoms with Crippen molar-refractivity contribution < 1.29 is 0 Å². The Morgan fingerprint density at radius 3 is 2.77 bits per heavy atom. The van der Waals surface area contributed by atoms with Crippen molar-refractivity contribution in [3.8, 4) is 11.4 Å². The van der Waals surface area contributed by atoms with Crippen molar-refractivity contribution in [1.82, 2.24) is 25.1 Å². The Labute approximate surface area is 128 Å². The second-order valence-electron chi connectivity index (χ2n) is 5.75. The molecule has 4 heterocycles. The van der Waals surface area contributed by atoms with E-state index in [4.69, 9.17) is 4.98 Å². The van der Waals surface area contributed by atoms with E-state index in [1.807, 2.05) is 19.2 Å². The maximum absolute atomic E-state index is 4.76. The van der Waals surface area contributed by atoms with Gasteiger partial charge in [-0.1, -0.05) is 0 Å². The minimum atomic E-state index is 0.811. The number of hydrogen-bond acceptors (Lipinski definition) is 5. The number of aromatic amines is 1. The average Bonchev–Trinajstić information content (AvgIpc) is 2.96. The van der Waals surface area contributed by atoms with E-state index >= 15 is 0 Å². The van der Waals surface area contributed by atoms with Gasteiger partial charge in [0, 0.05) is 24.2 Å². The molecular weight excluding hydrogens is 276 g/mol. The average molecular weight is 294 g/mol. The molecule has 3 aromatic heterocycles. The number of H-pyrrole nitrogens is 1. The number of pyridine rings is 1. The fourth-order valence-corrected chi connectivity index (χ4v) is 2.94. The van der Waals surface area contributed by atoms with Gasteiger partial charge in [-0.15, -0.1) is 0 Å². The zero-order valence-electron chi connectivity index (χ0n) is 12.6. The molecule has 1 fully saturated rings. The first-order chi connectivity index (χ1) is 10.8. The lowest BCUT2D eigenvalue weighted by molar-refractivity contribution is 0.573. The van der Waals surface area contributed by atoms with Crippen LogP contribution in [0, 0.1) is 6.92 Å². The molecule has 6 heteroatoms. The van der Waals surface area contributed by atoms with E-state index in [-0.39, 0.29) is 0 Å². The number of rotatable bonds is 2. The Kier molecular flexibility index (Phi) is 3.21. The number of piperidine rings is 1. The molecule has 1 aliphatic heterocycles. The van der Waals surface area contributed by atoms with E-state index in [2.05, 4.69) is 25.1 Å². The van der Waals surface area contributed by atoms with Crippen molar-refractivity contribution in [2.75, 3.05) is 18.0 Å². The Morgan fingerprint density at radius 2 is 1.91 bits per heavy atom. The van der Waals surface area contributed by atoms with Gasteiger partial charge in [0.15, 0.2) is 0 Å². The largest absolute Gasteiger partial charge is 0.355 e. The van der Waals surface area contributed by atoms with E-state index in [0.29, 0.717) is 0 Å². The minimum Gasteiger partial charge on any atom is -0.355 e. The van der Waals surface area contributed by atoms with Crippen molar-refractivity contribution in [1.29, 1.82) is 0 Å². The second-order valence-corrected chi connectivity index (χ2v) is 5.75. The van der Waals surface area contributed by atoms with Crippen molar-refractivity contribution in [3.05, 3.63) is 30.4 Å². The quantitative estimate of drug-likeness (QED) is 0.787. The number of nitrogens with one attached hydrogen (secondary N) is 1. The predicted molar refractivity (Wildman–Crippen MR) is 85.7 cm³/mol. The minimum absolute atomic E-state index is 0.811. The van der Waals surface area contributed by atoms with E-state index < -0.39 is 0 Å². The third kappa shape index (κ3) is 2.30. The molecule has 1 aliphatic rings. The first-order valence-electron chi connectivity index (χ1n) is 7.69. The van der Waals surface area contributed by atoms with Gasteiger partial charge < -0.3 is 4.90 Å². The molecule has 0 saturated carbocycles. The Bertz CT molecular complexity index is 803. The third-order valence-corrected chi connectivity index (χ3v) is 4.20. The summed E-state index contributed by atoms with van der Waals surface area (Å²) in [4.78, 5) is 15.9. The van der Waals surface area contributed by atoms with Gasteiger partial charge in [0.05, 0.1) is 24.3 Å². The Morgan fingerprint density at radius 1 is 1.05 bits per heavy atom. The number of aromatic nitrogens is 5. The number of aryl methyl sites for hydroxylation is 1. The molecular formula is C16H18N6. The number of anilines is 1. The van der Waals surface area contributed by atoms with Crippen LogP contribution in [0.3, 0.4) is 0 Å². The number of nitrogens with zero attached hydrogens (tertiary/aromatic N) is 5. The summed E-state index contributed by atoms with van der Waals surface area (Å²) in [5.41, 5.74) is 3.56. The Balaban J connectivity index is 1.72. The summed E-state index contributed by atoms with van der Waals surface area (Å²) >= 11 is 0. The molecule has 4 rings (SSSR count). The lowest BCUT2D eigenvalue weighted by Gasteiger charge is -2.27. The molecule has 1 N–H and O–H groups in total. The molecule has 0 aliphatic carbocycles. The topological polar surface area (TPSA) is 70.6 Å². The van der Waals surface area contributed by atoms with Crippen molar-refractivity contribution in [2.24, 2.45) is 0 Å². The summed E-state index contributed by atoms with van der Waals surface area (Å²) < 4.78 is 0. The van der Waals surface area contributed by atoms with Crippen LogP contribution in [0.25, 0.3) is 22.3 Å². The van der Waals surface area contributed by atoms with Crippen LogP contribution >= 0.6 is 0 Å². The van der Waals surface area contributed by atoms with Crippen molar-refractivity contribution in [3.63, 3.8) is 0 Å². The zero-order chi connectivity index (χ0) is 14.9. The van der Waals surface area contributed by atoms with Gasteiger partial charge in [0.2, 0.25) is 0 Å². The maximum atomic E-state index is 4.76. The van der Waals surface area contributed by atoms with Crippen LogP contribution in [0.4, 0.5) is 5.82 Å². The smallest absolute Gasteiger partial charge is 0.147 e. The molecule has 22 heavy (non-hydrogen) atoms. The van der Waals surface area contributed by atoms with E-state index in [1.165, 1.54) is 19.3 Å². The predicted octanol–water partition coefficient (Wildman–Crippen LogP) is 2.71. The lowest BCUT2D eigenvalue weighted by atomic mass is 10.1.